The van der Waals surface area contributed by atoms with E-state index in [9.17, 15) is 5.11 Å². The van der Waals surface area contributed by atoms with Crippen LogP contribution in [0.3, 0.4) is 0 Å². The Labute approximate surface area is 96.7 Å². The van der Waals surface area contributed by atoms with Crippen LogP contribution in [0.1, 0.15) is 36.9 Å². The van der Waals surface area contributed by atoms with E-state index in [1.807, 2.05) is 19.1 Å². The van der Waals surface area contributed by atoms with E-state index in [1.165, 1.54) is 11.1 Å². The minimum Gasteiger partial charge on any atom is -0.508 e. The number of phenols is 1. The van der Waals surface area contributed by atoms with Crippen LogP contribution in [0.15, 0.2) is 18.2 Å². The first-order valence-electron chi connectivity index (χ1n) is 5.74. The molecule has 0 aliphatic heterocycles. The average Bonchev–Trinajstić information content (AvgIpc) is 2.28. The largest absolute Gasteiger partial charge is 0.508 e. The third-order valence-corrected chi connectivity index (χ3v) is 3.14. The van der Waals surface area contributed by atoms with Gasteiger partial charge in [0.2, 0.25) is 0 Å². The molecule has 1 aliphatic rings. The van der Waals surface area contributed by atoms with Gasteiger partial charge in [0.05, 0.1) is 6.04 Å². The monoisotopic (exact) mass is 215 g/mol. The number of fused-ring (bicyclic) bond motifs is 1. The van der Waals surface area contributed by atoms with E-state index in [2.05, 4.69) is 11.2 Å². The molecule has 16 heavy (non-hydrogen) atoms. The number of hydrogen-bond donors (Lipinski definition) is 2. The van der Waals surface area contributed by atoms with Crippen molar-refractivity contribution in [3.8, 4) is 18.1 Å². The van der Waals surface area contributed by atoms with Crippen molar-refractivity contribution in [1.29, 1.82) is 0 Å². The highest BCUT2D eigenvalue weighted by atomic mass is 16.3. The quantitative estimate of drug-likeness (QED) is 0.742. The average molecular weight is 215 g/mol. The predicted molar refractivity (Wildman–Crippen MR) is 65.2 cm³/mol. The van der Waals surface area contributed by atoms with E-state index >= 15 is 0 Å². The number of benzene rings is 1. The Morgan fingerprint density at radius 2 is 2.38 bits per heavy atom. The van der Waals surface area contributed by atoms with Gasteiger partial charge in [0.25, 0.3) is 0 Å². The zero-order chi connectivity index (χ0) is 11.5. The summed E-state index contributed by atoms with van der Waals surface area (Å²) in [4.78, 5) is 0. The van der Waals surface area contributed by atoms with Crippen LogP contribution in [0.25, 0.3) is 0 Å². The number of nitrogens with one attached hydrogen (secondary N) is 1. The van der Waals surface area contributed by atoms with Crippen molar-refractivity contribution in [2.24, 2.45) is 0 Å². The topological polar surface area (TPSA) is 32.3 Å². The lowest BCUT2D eigenvalue weighted by Gasteiger charge is -2.27. The van der Waals surface area contributed by atoms with Crippen molar-refractivity contribution in [3.05, 3.63) is 29.3 Å². The number of phenolic OH excluding ortho intramolecular Hbond substituents is 1. The highest BCUT2D eigenvalue weighted by Gasteiger charge is 2.20. The van der Waals surface area contributed by atoms with Crippen molar-refractivity contribution in [2.75, 3.05) is 0 Å². The van der Waals surface area contributed by atoms with Crippen LogP contribution in [0.5, 0.6) is 5.75 Å². The minimum atomic E-state index is 0.0877. The maximum Gasteiger partial charge on any atom is 0.115 e. The van der Waals surface area contributed by atoms with E-state index in [-0.39, 0.29) is 6.04 Å². The maximum absolute atomic E-state index is 9.45. The lowest BCUT2D eigenvalue weighted by molar-refractivity contribution is 0.439. The molecule has 2 heteroatoms. The van der Waals surface area contributed by atoms with Gasteiger partial charge in [0.1, 0.15) is 5.75 Å². The molecular formula is C14H17NO. The van der Waals surface area contributed by atoms with E-state index < -0.39 is 0 Å². The first kappa shape index (κ1) is 11.0. The Morgan fingerprint density at radius 1 is 1.56 bits per heavy atom. The van der Waals surface area contributed by atoms with Gasteiger partial charge in [-0.05, 0) is 49.4 Å². The molecule has 2 atom stereocenters. The molecule has 0 fully saturated rings. The van der Waals surface area contributed by atoms with Crippen molar-refractivity contribution in [2.45, 2.75) is 38.3 Å². The fourth-order valence-corrected chi connectivity index (χ4v) is 2.32. The summed E-state index contributed by atoms with van der Waals surface area (Å²) in [7, 11) is 0. The maximum atomic E-state index is 9.45. The predicted octanol–water partition coefficient (Wildman–Crippen LogP) is 2.38. The Balaban J connectivity index is 2.23. The van der Waals surface area contributed by atoms with Crippen molar-refractivity contribution in [3.63, 3.8) is 0 Å². The smallest absolute Gasteiger partial charge is 0.115 e. The first-order valence-corrected chi connectivity index (χ1v) is 5.74. The second-order valence-corrected chi connectivity index (χ2v) is 4.38. The summed E-state index contributed by atoms with van der Waals surface area (Å²) in [6, 6.07) is 6.04. The Kier molecular flexibility index (Phi) is 3.17. The zero-order valence-electron chi connectivity index (χ0n) is 9.53. The Hall–Kier alpha value is -1.46. The summed E-state index contributed by atoms with van der Waals surface area (Å²) in [5.41, 5.74) is 2.53. The fraction of sp³-hybridized carbons (Fsp3) is 0.429. The number of aryl methyl sites for hydroxylation is 1. The molecule has 1 aromatic carbocycles. The van der Waals surface area contributed by atoms with Crippen molar-refractivity contribution in [1.82, 2.24) is 5.32 Å². The lowest BCUT2D eigenvalue weighted by atomic mass is 9.87. The highest BCUT2D eigenvalue weighted by molar-refractivity contribution is 5.38. The second-order valence-electron chi connectivity index (χ2n) is 4.38. The third-order valence-electron chi connectivity index (χ3n) is 3.14. The molecule has 2 N–H and O–H groups in total. The molecule has 2 unspecified atom stereocenters. The summed E-state index contributed by atoms with van der Waals surface area (Å²) in [6.07, 6.45) is 8.69. The van der Waals surface area contributed by atoms with Crippen LogP contribution in [-0.2, 0) is 6.42 Å². The molecule has 0 bridgehead atoms. The molecule has 1 aliphatic carbocycles. The Morgan fingerprint density at radius 3 is 3.12 bits per heavy atom. The van der Waals surface area contributed by atoms with Gasteiger partial charge >= 0.3 is 0 Å². The second kappa shape index (κ2) is 4.59. The highest BCUT2D eigenvalue weighted by Crippen LogP contribution is 2.31. The standard InChI is InChI=1S/C14H17NO/c1-3-10(2)15-14-6-4-5-11-9-12(16)7-8-13(11)14/h1,7-10,14-16H,4-6H2,2H3. The number of aromatic hydroxyl groups is 1. The van der Waals surface area contributed by atoms with E-state index in [0.29, 0.717) is 11.8 Å². The number of hydrogen-bond acceptors (Lipinski definition) is 2. The van der Waals surface area contributed by atoms with Crippen LogP contribution in [0.4, 0.5) is 0 Å². The van der Waals surface area contributed by atoms with Gasteiger partial charge in [-0.3, -0.25) is 5.32 Å². The molecule has 2 nitrogen and oxygen atoms in total. The summed E-state index contributed by atoms with van der Waals surface area (Å²) < 4.78 is 0. The molecule has 0 spiro atoms. The normalized spacial score (nSPS) is 20.9. The third kappa shape index (κ3) is 2.20. The SMILES string of the molecule is C#CC(C)NC1CCCc2cc(O)ccc21. The molecule has 0 aromatic heterocycles. The number of rotatable bonds is 2. The van der Waals surface area contributed by atoms with Crippen LogP contribution < -0.4 is 5.32 Å². The lowest BCUT2D eigenvalue weighted by Crippen LogP contribution is -2.31. The molecule has 0 amide bonds. The van der Waals surface area contributed by atoms with E-state index in [0.717, 1.165) is 19.3 Å². The van der Waals surface area contributed by atoms with Gasteiger partial charge in [-0.25, -0.2) is 0 Å². The summed E-state index contributed by atoms with van der Waals surface area (Å²) in [5.74, 6) is 3.05. The molecule has 2 rings (SSSR count). The summed E-state index contributed by atoms with van der Waals surface area (Å²) >= 11 is 0. The summed E-state index contributed by atoms with van der Waals surface area (Å²) in [6.45, 7) is 1.99. The van der Waals surface area contributed by atoms with Crippen LogP contribution in [0, 0.1) is 12.3 Å². The molecule has 0 heterocycles. The summed E-state index contributed by atoms with van der Waals surface area (Å²) in [5, 5.41) is 12.9. The van der Waals surface area contributed by atoms with Gasteiger partial charge in [0, 0.05) is 6.04 Å². The van der Waals surface area contributed by atoms with Crippen molar-refractivity contribution >= 4 is 0 Å². The first-order chi connectivity index (χ1) is 7.70. The molecule has 0 saturated heterocycles. The van der Waals surface area contributed by atoms with Crippen LogP contribution >= 0.6 is 0 Å². The van der Waals surface area contributed by atoms with Gasteiger partial charge < -0.3 is 5.11 Å². The molecular weight excluding hydrogens is 198 g/mol. The van der Waals surface area contributed by atoms with Gasteiger partial charge in [-0.2, -0.15) is 0 Å². The van der Waals surface area contributed by atoms with Crippen LogP contribution in [-0.4, -0.2) is 11.1 Å². The molecule has 1 aromatic rings. The zero-order valence-corrected chi connectivity index (χ0v) is 9.53. The fourth-order valence-electron chi connectivity index (χ4n) is 2.32. The van der Waals surface area contributed by atoms with E-state index in [1.54, 1.807) is 6.07 Å². The number of terminal acetylenes is 1. The van der Waals surface area contributed by atoms with Gasteiger partial charge in [0.15, 0.2) is 0 Å². The van der Waals surface area contributed by atoms with E-state index in [4.69, 9.17) is 6.42 Å². The molecule has 0 radical (unpaired) electrons. The molecule has 0 saturated carbocycles. The van der Waals surface area contributed by atoms with Crippen molar-refractivity contribution < 1.29 is 5.11 Å². The molecule has 84 valence electrons. The van der Waals surface area contributed by atoms with Crippen LogP contribution in [0.2, 0.25) is 0 Å². The van der Waals surface area contributed by atoms with Gasteiger partial charge in [-0.15, -0.1) is 6.42 Å². The Bertz CT molecular complexity index is 419. The van der Waals surface area contributed by atoms with Gasteiger partial charge in [-0.1, -0.05) is 12.0 Å². The minimum absolute atomic E-state index is 0.0877.